The number of hydrogen-bond donors (Lipinski definition) is 1. The number of halogens is 1. The van der Waals surface area contributed by atoms with Crippen LogP contribution in [-0.4, -0.2) is 26.1 Å². The summed E-state index contributed by atoms with van der Waals surface area (Å²) >= 11 is 6.11. The number of rotatable bonds is 5. The number of carbonyl (C=O) groups is 1. The Morgan fingerprint density at radius 2 is 1.91 bits per heavy atom. The second-order valence-corrected chi connectivity index (χ2v) is 5.81. The van der Waals surface area contributed by atoms with E-state index in [-0.39, 0.29) is 5.91 Å². The highest BCUT2D eigenvalue weighted by molar-refractivity contribution is 6.31. The number of ether oxygens (including phenoxy) is 1. The molecule has 2 aromatic rings. The number of carbonyl (C=O) groups excluding carboxylic acids is 1. The molecule has 0 aliphatic carbocycles. The molecular formula is C18H21ClN2O2. The van der Waals surface area contributed by atoms with E-state index in [4.69, 9.17) is 16.3 Å². The summed E-state index contributed by atoms with van der Waals surface area (Å²) in [6.07, 6.45) is 0. The normalized spacial score (nSPS) is 11.7. The van der Waals surface area contributed by atoms with Crippen molar-refractivity contribution < 1.29 is 9.53 Å². The Morgan fingerprint density at radius 3 is 2.52 bits per heavy atom. The molecule has 1 unspecified atom stereocenters. The minimum Gasteiger partial charge on any atom is -0.495 e. The first-order valence-corrected chi connectivity index (χ1v) is 7.75. The van der Waals surface area contributed by atoms with Crippen LogP contribution in [0.1, 0.15) is 12.5 Å². The third kappa shape index (κ3) is 3.96. The average molecular weight is 333 g/mol. The molecule has 0 saturated heterocycles. The molecule has 1 N–H and O–H groups in total. The van der Waals surface area contributed by atoms with Crippen molar-refractivity contribution in [1.82, 2.24) is 0 Å². The van der Waals surface area contributed by atoms with E-state index in [1.165, 1.54) is 0 Å². The van der Waals surface area contributed by atoms with E-state index >= 15 is 0 Å². The molecule has 122 valence electrons. The standard InChI is InChI=1S/C18H21ClN2O2/c1-12-10-16(17(23-4)11-15(12)19)20-13(2)18(22)21(3)14-8-6-5-7-9-14/h5-11,13,20H,1-4H3. The van der Waals surface area contributed by atoms with Gasteiger partial charge in [0.15, 0.2) is 0 Å². The van der Waals surface area contributed by atoms with Crippen molar-refractivity contribution in [2.75, 3.05) is 24.4 Å². The van der Waals surface area contributed by atoms with Gasteiger partial charge in [-0.15, -0.1) is 0 Å². The van der Waals surface area contributed by atoms with E-state index in [0.717, 1.165) is 16.9 Å². The Balaban J connectivity index is 2.17. The van der Waals surface area contributed by atoms with Crippen molar-refractivity contribution in [2.45, 2.75) is 19.9 Å². The molecule has 0 heterocycles. The molecule has 23 heavy (non-hydrogen) atoms. The SMILES string of the molecule is COc1cc(Cl)c(C)cc1NC(C)C(=O)N(C)c1ccccc1. The van der Waals surface area contributed by atoms with Crippen LogP contribution in [0.3, 0.4) is 0 Å². The first-order valence-electron chi connectivity index (χ1n) is 7.37. The number of aryl methyl sites for hydroxylation is 1. The number of anilines is 2. The fraction of sp³-hybridized carbons (Fsp3) is 0.278. The first kappa shape index (κ1) is 17.2. The molecule has 0 bridgehead atoms. The van der Waals surface area contributed by atoms with Gasteiger partial charge in [-0.05, 0) is 37.6 Å². The molecular weight excluding hydrogens is 312 g/mol. The number of nitrogens with one attached hydrogen (secondary N) is 1. The van der Waals surface area contributed by atoms with Gasteiger partial charge in [0.2, 0.25) is 5.91 Å². The van der Waals surface area contributed by atoms with Crippen molar-refractivity contribution in [1.29, 1.82) is 0 Å². The summed E-state index contributed by atoms with van der Waals surface area (Å²) < 4.78 is 5.34. The number of hydrogen-bond acceptors (Lipinski definition) is 3. The summed E-state index contributed by atoms with van der Waals surface area (Å²) in [4.78, 5) is 14.2. The molecule has 0 radical (unpaired) electrons. The smallest absolute Gasteiger partial charge is 0.248 e. The number of amides is 1. The topological polar surface area (TPSA) is 41.6 Å². The maximum Gasteiger partial charge on any atom is 0.248 e. The lowest BCUT2D eigenvalue weighted by Crippen LogP contribution is -2.39. The zero-order chi connectivity index (χ0) is 17.0. The molecule has 5 heteroatoms. The summed E-state index contributed by atoms with van der Waals surface area (Å²) in [5.41, 5.74) is 2.52. The summed E-state index contributed by atoms with van der Waals surface area (Å²) in [6.45, 7) is 3.74. The summed E-state index contributed by atoms with van der Waals surface area (Å²) in [5, 5.41) is 3.84. The number of methoxy groups -OCH3 is 1. The number of para-hydroxylation sites is 1. The van der Waals surface area contributed by atoms with E-state index in [2.05, 4.69) is 5.32 Å². The molecule has 0 aromatic heterocycles. The van der Waals surface area contributed by atoms with E-state index in [1.807, 2.05) is 50.2 Å². The molecule has 4 nitrogen and oxygen atoms in total. The molecule has 1 amide bonds. The van der Waals surface area contributed by atoms with E-state index in [0.29, 0.717) is 10.8 Å². The molecule has 2 rings (SSSR count). The second-order valence-electron chi connectivity index (χ2n) is 5.40. The monoisotopic (exact) mass is 332 g/mol. The molecule has 0 aliphatic heterocycles. The van der Waals surface area contributed by atoms with Gasteiger partial charge in [0.25, 0.3) is 0 Å². The van der Waals surface area contributed by atoms with E-state index in [1.54, 1.807) is 25.1 Å². The van der Waals surface area contributed by atoms with Crippen LogP contribution in [-0.2, 0) is 4.79 Å². The fourth-order valence-corrected chi connectivity index (χ4v) is 2.46. The van der Waals surface area contributed by atoms with Gasteiger partial charge in [-0.3, -0.25) is 4.79 Å². The Labute approximate surface area is 142 Å². The highest BCUT2D eigenvalue weighted by Gasteiger charge is 2.20. The number of likely N-dealkylation sites (N-methyl/N-ethyl adjacent to an activating group) is 1. The third-order valence-corrected chi connectivity index (χ3v) is 4.10. The Morgan fingerprint density at radius 1 is 1.26 bits per heavy atom. The van der Waals surface area contributed by atoms with Crippen LogP contribution in [0.5, 0.6) is 5.75 Å². The van der Waals surface area contributed by atoms with Crippen LogP contribution in [0.4, 0.5) is 11.4 Å². The van der Waals surface area contributed by atoms with Crippen LogP contribution in [0.25, 0.3) is 0 Å². The molecule has 0 fully saturated rings. The molecule has 1 atom stereocenters. The zero-order valence-corrected chi connectivity index (χ0v) is 14.5. The Hall–Kier alpha value is -2.20. The first-order chi connectivity index (χ1) is 10.9. The van der Waals surface area contributed by atoms with Gasteiger partial charge in [0, 0.05) is 23.8 Å². The van der Waals surface area contributed by atoms with Gasteiger partial charge in [0.1, 0.15) is 11.8 Å². The molecule has 0 saturated carbocycles. The predicted molar refractivity (Wildman–Crippen MR) is 95.7 cm³/mol. The minimum absolute atomic E-state index is 0.0362. The van der Waals surface area contributed by atoms with Crippen LogP contribution in [0.15, 0.2) is 42.5 Å². The Bertz CT molecular complexity index is 689. The van der Waals surface area contributed by atoms with Crippen LogP contribution in [0, 0.1) is 6.92 Å². The highest BCUT2D eigenvalue weighted by Crippen LogP contribution is 2.31. The van der Waals surface area contributed by atoms with Crippen molar-refractivity contribution >= 4 is 28.9 Å². The average Bonchev–Trinajstić information content (AvgIpc) is 2.57. The third-order valence-electron chi connectivity index (χ3n) is 3.70. The van der Waals surface area contributed by atoms with E-state index in [9.17, 15) is 4.79 Å². The van der Waals surface area contributed by atoms with E-state index < -0.39 is 6.04 Å². The molecule has 0 aliphatic rings. The van der Waals surface area contributed by atoms with Gasteiger partial charge < -0.3 is 15.0 Å². The lowest BCUT2D eigenvalue weighted by atomic mass is 10.1. The van der Waals surface area contributed by atoms with Crippen molar-refractivity contribution in [3.05, 3.63) is 53.1 Å². The number of nitrogens with zero attached hydrogens (tertiary/aromatic N) is 1. The van der Waals surface area contributed by atoms with Crippen molar-refractivity contribution in [3.8, 4) is 5.75 Å². The quantitative estimate of drug-likeness (QED) is 0.895. The largest absolute Gasteiger partial charge is 0.495 e. The lowest BCUT2D eigenvalue weighted by Gasteiger charge is -2.24. The van der Waals surface area contributed by atoms with Crippen LogP contribution < -0.4 is 15.0 Å². The summed E-state index contributed by atoms with van der Waals surface area (Å²) in [7, 11) is 3.34. The zero-order valence-electron chi connectivity index (χ0n) is 13.8. The minimum atomic E-state index is -0.408. The van der Waals surface area contributed by atoms with Gasteiger partial charge in [-0.25, -0.2) is 0 Å². The highest BCUT2D eigenvalue weighted by atomic mass is 35.5. The molecule has 0 spiro atoms. The second kappa shape index (κ2) is 7.38. The summed E-state index contributed by atoms with van der Waals surface area (Å²) in [5.74, 6) is 0.577. The van der Waals surface area contributed by atoms with Crippen LogP contribution in [0.2, 0.25) is 5.02 Å². The summed E-state index contributed by atoms with van der Waals surface area (Å²) in [6, 6.07) is 12.8. The number of benzene rings is 2. The van der Waals surface area contributed by atoms with Gasteiger partial charge in [0.05, 0.1) is 12.8 Å². The fourth-order valence-electron chi connectivity index (χ4n) is 2.31. The maximum absolute atomic E-state index is 12.6. The Kier molecular flexibility index (Phi) is 5.50. The van der Waals surface area contributed by atoms with Crippen molar-refractivity contribution in [3.63, 3.8) is 0 Å². The lowest BCUT2D eigenvalue weighted by molar-refractivity contribution is -0.118. The van der Waals surface area contributed by atoms with Gasteiger partial charge in [-0.2, -0.15) is 0 Å². The predicted octanol–water partition coefficient (Wildman–Crippen LogP) is 4.12. The van der Waals surface area contributed by atoms with Crippen molar-refractivity contribution in [2.24, 2.45) is 0 Å². The van der Waals surface area contributed by atoms with Crippen LogP contribution >= 0.6 is 11.6 Å². The maximum atomic E-state index is 12.6. The van der Waals surface area contributed by atoms with Gasteiger partial charge >= 0.3 is 0 Å². The van der Waals surface area contributed by atoms with Gasteiger partial charge in [-0.1, -0.05) is 29.8 Å². The molecule has 2 aromatic carbocycles.